The maximum atomic E-state index is 14.3. The van der Waals surface area contributed by atoms with Crippen LogP contribution in [0, 0.1) is 0 Å². The van der Waals surface area contributed by atoms with Crippen molar-refractivity contribution in [1.29, 1.82) is 0 Å². The Morgan fingerprint density at radius 3 is 2.37 bits per heavy atom. The van der Waals surface area contributed by atoms with Crippen LogP contribution in [0.2, 0.25) is 5.02 Å². The lowest BCUT2D eigenvalue weighted by atomic mass is 9.79. The van der Waals surface area contributed by atoms with Crippen LogP contribution in [0.25, 0.3) is 0 Å². The van der Waals surface area contributed by atoms with Gasteiger partial charge in [-0.05, 0) is 80.5 Å². The zero-order chi connectivity index (χ0) is 25.3. The Hall–Kier alpha value is -2.93. The summed E-state index contributed by atoms with van der Waals surface area (Å²) in [4.78, 5) is 30.1. The Morgan fingerprint density at radius 2 is 1.80 bits per heavy atom. The Bertz CT molecular complexity index is 1100. The SMILES string of the molecule is COc1cc2c(cc1OC(C)C)CN(C1(N(C)C(N)=O)CCCCC1)C(=O)C2c1ccc(Cl)cc1. The maximum absolute atomic E-state index is 14.3. The van der Waals surface area contributed by atoms with Crippen molar-refractivity contribution in [2.75, 3.05) is 14.2 Å². The number of primary amides is 1. The van der Waals surface area contributed by atoms with Gasteiger partial charge in [0.2, 0.25) is 5.91 Å². The number of nitrogens with two attached hydrogens (primary N) is 1. The number of halogens is 1. The molecule has 3 amide bonds. The molecular weight excluding hydrogens is 466 g/mol. The fourth-order valence-corrected chi connectivity index (χ4v) is 5.63. The van der Waals surface area contributed by atoms with Crippen molar-refractivity contribution in [3.8, 4) is 11.5 Å². The topological polar surface area (TPSA) is 85.1 Å². The molecule has 2 aliphatic rings. The maximum Gasteiger partial charge on any atom is 0.316 e. The Kier molecular flexibility index (Phi) is 7.17. The first-order valence-electron chi connectivity index (χ1n) is 12.2. The molecule has 8 heteroatoms. The molecule has 1 heterocycles. The number of rotatable bonds is 6. The van der Waals surface area contributed by atoms with E-state index in [0.717, 1.165) is 36.0 Å². The summed E-state index contributed by atoms with van der Waals surface area (Å²) in [6.45, 7) is 4.28. The molecule has 2 aromatic rings. The van der Waals surface area contributed by atoms with Crippen LogP contribution in [-0.4, -0.2) is 47.7 Å². The van der Waals surface area contributed by atoms with Crippen LogP contribution in [0.5, 0.6) is 11.5 Å². The van der Waals surface area contributed by atoms with Crippen molar-refractivity contribution in [2.45, 2.75) is 70.2 Å². The van der Waals surface area contributed by atoms with E-state index in [1.807, 2.05) is 43.0 Å². The lowest BCUT2D eigenvalue weighted by molar-refractivity contribution is -0.151. The van der Waals surface area contributed by atoms with Crippen molar-refractivity contribution in [3.05, 3.63) is 58.1 Å². The minimum atomic E-state index is -0.775. The van der Waals surface area contributed by atoms with E-state index in [-0.39, 0.29) is 12.0 Å². The molecule has 0 bridgehead atoms. The van der Waals surface area contributed by atoms with Crippen LogP contribution in [-0.2, 0) is 11.3 Å². The zero-order valence-corrected chi connectivity index (χ0v) is 21.6. The van der Waals surface area contributed by atoms with Crippen molar-refractivity contribution in [1.82, 2.24) is 9.80 Å². The average Bonchev–Trinajstić information content (AvgIpc) is 2.83. The number of methoxy groups -OCH3 is 1. The van der Waals surface area contributed by atoms with Crippen molar-refractivity contribution < 1.29 is 19.1 Å². The standard InChI is InChI=1S/C27H34ClN3O4/c1-17(2)35-23-14-19-16-31(27(30(3)26(29)33)12-6-5-7-13-27)25(32)24(21(19)15-22(23)34-4)18-8-10-20(28)11-9-18/h8-11,14-15,17,24H,5-7,12-13,16H2,1-4H3,(H2,29,33). The highest BCUT2D eigenvalue weighted by molar-refractivity contribution is 6.30. The highest BCUT2D eigenvalue weighted by Gasteiger charge is 2.49. The largest absolute Gasteiger partial charge is 0.493 e. The fourth-order valence-electron chi connectivity index (χ4n) is 5.51. The van der Waals surface area contributed by atoms with Gasteiger partial charge in [-0.2, -0.15) is 0 Å². The molecule has 7 nitrogen and oxygen atoms in total. The first-order chi connectivity index (χ1) is 16.7. The Balaban J connectivity index is 1.90. The van der Waals surface area contributed by atoms with Crippen LogP contribution >= 0.6 is 11.6 Å². The molecule has 35 heavy (non-hydrogen) atoms. The summed E-state index contributed by atoms with van der Waals surface area (Å²) in [5.41, 5.74) is 7.66. The van der Waals surface area contributed by atoms with E-state index in [1.54, 1.807) is 31.2 Å². The highest BCUT2D eigenvalue weighted by Crippen LogP contribution is 2.46. The number of benzene rings is 2. The summed E-state index contributed by atoms with van der Waals surface area (Å²) in [5.74, 6) is 0.582. The van der Waals surface area contributed by atoms with E-state index < -0.39 is 17.6 Å². The van der Waals surface area contributed by atoms with E-state index in [0.29, 0.717) is 35.9 Å². The number of amides is 3. The van der Waals surface area contributed by atoms with Gasteiger partial charge >= 0.3 is 6.03 Å². The van der Waals surface area contributed by atoms with Crippen molar-refractivity contribution >= 4 is 23.5 Å². The van der Waals surface area contributed by atoms with Gasteiger partial charge in [0.15, 0.2) is 11.5 Å². The number of fused-ring (bicyclic) bond motifs is 1. The number of nitrogens with zero attached hydrogens (tertiary/aromatic N) is 2. The fraction of sp³-hybridized carbons (Fsp3) is 0.481. The molecule has 1 aliphatic carbocycles. The van der Waals surface area contributed by atoms with E-state index in [9.17, 15) is 9.59 Å². The monoisotopic (exact) mass is 499 g/mol. The lowest BCUT2D eigenvalue weighted by Crippen LogP contribution is -2.65. The quantitative estimate of drug-likeness (QED) is 0.585. The molecule has 1 atom stereocenters. The van der Waals surface area contributed by atoms with Gasteiger partial charge in [0.1, 0.15) is 5.66 Å². The van der Waals surface area contributed by atoms with Crippen LogP contribution in [0.4, 0.5) is 4.79 Å². The van der Waals surface area contributed by atoms with Gasteiger partial charge in [0.25, 0.3) is 0 Å². The van der Waals surface area contributed by atoms with Gasteiger partial charge < -0.3 is 25.0 Å². The van der Waals surface area contributed by atoms with E-state index in [1.165, 1.54) is 0 Å². The van der Waals surface area contributed by atoms with Gasteiger partial charge in [-0.3, -0.25) is 4.79 Å². The van der Waals surface area contributed by atoms with Crippen molar-refractivity contribution in [2.24, 2.45) is 5.73 Å². The third kappa shape index (κ3) is 4.66. The predicted octanol–water partition coefficient (Wildman–Crippen LogP) is 5.28. The molecule has 2 aromatic carbocycles. The van der Waals surface area contributed by atoms with E-state index in [2.05, 4.69) is 0 Å². The molecule has 1 fully saturated rings. The summed E-state index contributed by atoms with van der Waals surface area (Å²) in [5, 5.41) is 0.601. The average molecular weight is 500 g/mol. The van der Waals surface area contributed by atoms with E-state index >= 15 is 0 Å². The molecule has 1 unspecified atom stereocenters. The number of ether oxygens (including phenoxy) is 2. The molecule has 1 saturated carbocycles. The smallest absolute Gasteiger partial charge is 0.316 e. The highest BCUT2D eigenvalue weighted by atomic mass is 35.5. The van der Waals surface area contributed by atoms with Crippen LogP contribution < -0.4 is 15.2 Å². The summed E-state index contributed by atoms with van der Waals surface area (Å²) < 4.78 is 11.7. The molecule has 1 aliphatic heterocycles. The van der Waals surface area contributed by atoms with Crippen LogP contribution in [0.1, 0.15) is 68.6 Å². The minimum absolute atomic E-state index is 0.0407. The molecule has 0 radical (unpaired) electrons. The number of carbonyl (C=O) groups excluding carboxylic acids is 2. The first kappa shape index (κ1) is 25.2. The van der Waals surface area contributed by atoms with Gasteiger partial charge in [-0.15, -0.1) is 0 Å². The van der Waals surface area contributed by atoms with Gasteiger partial charge in [-0.1, -0.05) is 30.2 Å². The van der Waals surface area contributed by atoms with Gasteiger partial charge in [0.05, 0.1) is 19.1 Å². The summed E-state index contributed by atoms with van der Waals surface area (Å²) in [6, 6.07) is 10.7. The molecule has 0 spiro atoms. The summed E-state index contributed by atoms with van der Waals surface area (Å²) >= 11 is 6.16. The van der Waals surface area contributed by atoms with Crippen LogP contribution in [0.3, 0.4) is 0 Å². The lowest BCUT2D eigenvalue weighted by Gasteiger charge is -2.53. The van der Waals surface area contributed by atoms with Crippen molar-refractivity contribution in [3.63, 3.8) is 0 Å². The molecule has 0 saturated heterocycles. The van der Waals surface area contributed by atoms with Gasteiger partial charge in [0, 0.05) is 18.6 Å². The summed E-state index contributed by atoms with van der Waals surface area (Å²) in [7, 11) is 3.30. The number of hydrogen-bond donors (Lipinski definition) is 1. The predicted molar refractivity (Wildman–Crippen MR) is 136 cm³/mol. The molecule has 188 valence electrons. The molecule has 0 aromatic heterocycles. The normalized spacial score (nSPS) is 19.3. The Morgan fingerprint density at radius 1 is 1.14 bits per heavy atom. The van der Waals surface area contributed by atoms with E-state index in [4.69, 9.17) is 26.8 Å². The van der Waals surface area contributed by atoms with Crippen LogP contribution in [0.15, 0.2) is 36.4 Å². The third-order valence-corrected chi connectivity index (χ3v) is 7.51. The molecular formula is C27H34ClN3O4. The number of urea groups is 1. The zero-order valence-electron chi connectivity index (χ0n) is 20.8. The second kappa shape index (κ2) is 9.97. The minimum Gasteiger partial charge on any atom is -0.493 e. The molecule has 2 N–H and O–H groups in total. The number of hydrogen-bond acceptors (Lipinski definition) is 4. The molecule has 4 rings (SSSR count). The third-order valence-electron chi connectivity index (χ3n) is 7.26. The number of carbonyl (C=O) groups is 2. The Labute approximate surface area is 212 Å². The van der Waals surface area contributed by atoms with Gasteiger partial charge in [-0.25, -0.2) is 4.79 Å². The second-order valence-electron chi connectivity index (χ2n) is 9.72. The second-order valence-corrected chi connectivity index (χ2v) is 10.2. The first-order valence-corrected chi connectivity index (χ1v) is 12.5. The summed E-state index contributed by atoms with van der Waals surface area (Å²) in [6.07, 6.45) is 4.24.